The van der Waals surface area contributed by atoms with E-state index in [2.05, 4.69) is 25.9 Å². The summed E-state index contributed by atoms with van der Waals surface area (Å²) in [5, 5.41) is 23.5. The van der Waals surface area contributed by atoms with Crippen LogP contribution >= 0.6 is 11.6 Å². The van der Waals surface area contributed by atoms with E-state index in [-0.39, 0.29) is 49.7 Å². The third kappa shape index (κ3) is 6.24. The van der Waals surface area contributed by atoms with Gasteiger partial charge in [0.25, 0.3) is 5.91 Å². The zero-order chi connectivity index (χ0) is 22.2. The third-order valence-corrected chi connectivity index (χ3v) is 4.02. The molecular weight excluding hydrogens is 434 g/mol. The van der Waals surface area contributed by atoms with Crippen molar-refractivity contribution in [3.05, 3.63) is 63.4 Å². The summed E-state index contributed by atoms with van der Waals surface area (Å²) >= 11 is 5.93. The molecule has 1 aromatic carbocycles. The summed E-state index contributed by atoms with van der Waals surface area (Å²) in [6, 6.07) is 7.99. The molecule has 13 nitrogen and oxygen atoms in total. The molecule has 0 spiro atoms. The minimum absolute atomic E-state index is 0.00783. The Balaban J connectivity index is 1.37. The van der Waals surface area contributed by atoms with Gasteiger partial charge in [-0.15, -0.1) is 0 Å². The van der Waals surface area contributed by atoms with E-state index in [1.54, 1.807) is 24.3 Å². The number of hydrogen-bond donors (Lipinski definition) is 2. The second kappa shape index (κ2) is 10.2. The molecule has 0 unspecified atom stereocenters. The standard InChI is InChI=1S/C17H16ClN7O6/c18-11-3-1-2-4-12(11)30-10-15(26)19-6-7-20-16(27)17-21-13(23-31-17)9-24-8-5-14(22-24)25(28)29/h1-5,8H,6-7,9-10H2,(H,19,26)(H,20,27). The predicted octanol–water partition coefficient (Wildman–Crippen LogP) is 0.801. The van der Waals surface area contributed by atoms with Crippen LogP contribution in [-0.2, 0) is 11.3 Å². The number of carbonyl (C=O) groups is 2. The van der Waals surface area contributed by atoms with Gasteiger partial charge in [0.2, 0.25) is 0 Å². The molecular formula is C17H16ClN7O6. The normalized spacial score (nSPS) is 10.5. The molecule has 2 amide bonds. The van der Waals surface area contributed by atoms with Crippen molar-refractivity contribution in [2.75, 3.05) is 19.7 Å². The number of hydrogen-bond acceptors (Lipinski definition) is 9. The van der Waals surface area contributed by atoms with Crippen LogP contribution in [0.15, 0.2) is 41.1 Å². The quantitative estimate of drug-likeness (QED) is 0.258. The van der Waals surface area contributed by atoms with Gasteiger partial charge in [-0.2, -0.15) is 9.67 Å². The Hall–Kier alpha value is -4.00. The zero-order valence-corrected chi connectivity index (χ0v) is 16.6. The molecule has 2 N–H and O–H groups in total. The van der Waals surface area contributed by atoms with Crippen LogP contribution in [0.1, 0.15) is 16.5 Å². The molecule has 2 aromatic heterocycles. The number of carbonyl (C=O) groups excluding carboxylic acids is 2. The van der Waals surface area contributed by atoms with Crippen LogP contribution in [-0.4, -0.2) is 56.4 Å². The fourth-order valence-corrected chi connectivity index (χ4v) is 2.49. The average molecular weight is 450 g/mol. The number of ether oxygens (including phenoxy) is 1. The number of nitrogens with one attached hydrogen (secondary N) is 2. The summed E-state index contributed by atoms with van der Waals surface area (Å²) in [4.78, 5) is 37.7. The van der Waals surface area contributed by atoms with E-state index in [9.17, 15) is 19.7 Å². The molecule has 3 rings (SSSR count). The number of aromatic nitrogens is 4. The Morgan fingerprint density at radius 1 is 1.23 bits per heavy atom. The van der Waals surface area contributed by atoms with Crippen molar-refractivity contribution in [3.8, 4) is 5.75 Å². The van der Waals surface area contributed by atoms with Gasteiger partial charge in [-0.05, 0) is 17.1 Å². The molecule has 162 valence electrons. The monoisotopic (exact) mass is 449 g/mol. The van der Waals surface area contributed by atoms with E-state index in [0.29, 0.717) is 10.8 Å². The van der Waals surface area contributed by atoms with Gasteiger partial charge in [-0.3, -0.25) is 9.59 Å². The molecule has 2 heterocycles. The topological polar surface area (TPSA) is 167 Å². The Labute approximate surface area is 179 Å². The van der Waals surface area contributed by atoms with Gasteiger partial charge in [-0.25, -0.2) is 0 Å². The number of para-hydroxylation sites is 1. The highest BCUT2D eigenvalue weighted by Crippen LogP contribution is 2.22. The van der Waals surface area contributed by atoms with E-state index >= 15 is 0 Å². The minimum Gasteiger partial charge on any atom is -0.482 e. The third-order valence-electron chi connectivity index (χ3n) is 3.71. The molecule has 3 aromatic rings. The Bertz CT molecular complexity index is 1080. The van der Waals surface area contributed by atoms with E-state index in [1.165, 1.54) is 16.9 Å². The largest absolute Gasteiger partial charge is 0.482 e. The molecule has 0 fully saturated rings. The Kier molecular flexibility index (Phi) is 7.11. The highest BCUT2D eigenvalue weighted by molar-refractivity contribution is 6.32. The van der Waals surface area contributed by atoms with Crippen LogP contribution < -0.4 is 15.4 Å². The maximum atomic E-state index is 12.0. The average Bonchev–Trinajstić information content (AvgIpc) is 3.41. The molecule has 0 saturated carbocycles. The van der Waals surface area contributed by atoms with E-state index in [4.69, 9.17) is 20.9 Å². The lowest BCUT2D eigenvalue weighted by Gasteiger charge is -2.08. The summed E-state index contributed by atoms with van der Waals surface area (Å²) in [7, 11) is 0. The van der Waals surface area contributed by atoms with Gasteiger partial charge < -0.3 is 30.0 Å². The van der Waals surface area contributed by atoms with Crippen molar-refractivity contribution >= 4 is 29.2 Å². The number of nitro groups is 1. The maximum Gasteiger partial charge on any atom is 0.389 e. The van der Waals surface area contributed by atoms with E-state index < -0.39 is 10.8 Å². The van der Waals surface area contributed by atoms with Crippen molar-refractivity contribution in [1.82, 2.24) is 30.6 Å². The van der Waals surface area contributed by atoms with E-state index in [1.807, 2.05) is 0 Å². The highest BCUT2D eigenvalue weighted by Gasteiger charge is 2.17. The Morgan fingerprint density at radius 3 is 2.74 bits per heavy atom. The first-order chi connectivity index (χ1) is 14.9. The fourth-order valence-electron chi connectivity index (χ4n) is 2.30. The van der Waals surface area contributed by atoms with Gasteiger partial charge in [0.15, 0.2) is 12.4 Å². The first-order valence-electron chi connectivity index (χ1n) is 8.85. The molecule has 0 bridgehead atoms. The summed E-state index contributed by atoms with van der Waals surface area (Å²) in [6.07, 6.45) is 1.38. The number of benzene rings is 1. The van der Waals surface area contributed by atoms with Crippen LogP contribution in [0.4, 0.5) is 5.82 Å². The summed E-state index contributed by atoms with van der Waals surface area (Å²) in [5.74, 6) is -1.11. The van der Waals surface area contributed by atoms with Gasteiger partial charge in [-0.1, -0.05) is 28.9 Å². The van der Waals surface area contributed by atoms with Gasteiger partial charge in [0, 0.05) is 13.1 Å². The molecule has 14 heteroatoms. The number of halogens is 1. The first kappa shape index (κ1) is 21.7. The maximum absolute atomic E-state index is 12.0. The predicted molar refractivity (Wildman–Crippen MR) is 105 cm³/mol. The number of nitrogens with zero attached hydrogens (tertiary/aromatic N) is 5. The van der Waals surface area contributed by atoms with Gasteiger partial charge in [0.05, 0.1) is 22.4 Å². The van der Waals surface area contributed by atoms with Crippen LogP contribution in [0.5, 0.6) is 5.75 Å². The lowest BCUT2D eigenvalue weighted by atomic mass is 10.3. The summed E-state index contributed by atoms with van der Waals surface area (Å²) in [6.45, 7) is 0.0243. The van der Waals surface area contributed by atoms with Crippen molar-refractivity contribution in [3.63, 3.8) is 0 Å². The minimum atomic E-state index is -0.633. The van der Waals surface area contributed by atoms with Crippen LogP contribution in [0.2, 0.25) is 5.02 Å². The van der Waals surface area contributed by atoms with Gasteiger partial charge in [0.1, 0.15) is 12.3 Å². The van der Waals surface area contributed by atoms with Crippen molar-refractivity contribution in [2.45, 2.75) is 6.54 Å². The Morgan fingerprint density at radius 2 is 2.00 bits per heavy atom. The molecule has 0 aliphatic carbocycles. The van der Waals surface area contributed by atoms with Crippen molar-refractivity contribution in [2.24, 2.45) is 0 Å². The molecule has 0 atom stereocenters. The second-order valence-electron chi connectivity index (χ2n) is 5.97. The molecule has 0 aliphatic heterocycles. The summed E-state index contributed by atoms with van der Waals surface area (Å²) in [5.41, 5.74) is 0. The van der Waals surface area contributed by atoms with E-state index in [0.717, 1.165) is 0 Å². The molecule has 0 radical (unpaired) electrons. The van der Waals surface area contributed by atoms with Crippen LogP contribution in [0.3, 0.4) is 0 Å². The molecule has 0 saturated heterocycles. The zero-order valence-electron chi connectivity index (χ0n) is 15.9. The van der Waals surface area contributed by atoms with Crippen molar-refractivity contribution in [1.29, 1.82) is 0 Å². The SMILES string of the molecule is O=C(COc1ccccc1Cl)NCCNC(=O)c1nc(Cn2ccc([N+](=O)[O-])n2)no1. The fraction of sp³-hybridized carbons (Fsp3) is 0.235. The van der Waals surface area contributed by atoms with Crippen LogP contribution in [0.25, 0.3) is 0 Å². The highest BCUT2D eigenvalue weighted by atomic mass is 35.5. The number of amides is 2. The van der Waals surface area contributed by atoms with Crippen molar-refractivity contribution < 1.29 is 23.8 Å². The first-order valence-corrected chi connectivity index (χ1v) is 9.23. The van der Waals surface area contributed by atoms with Crippen LogP contribution in [0, 0.1) is 10.1 Å². The second-order valence-corrected chi connectivity index (χ2v) is 6.38. The lowest BCUT2D eigenvalue weighted by Crippen LogP contribution is -2.36. The number of rotatable bonds is 10. The van der Waals surface area contributed by atoms with Gasteiger partial charge >= 0.3 is 17.6 Å². The summed E-state index contributed by atoms with van der Waals surface area (Å²) < 4.78 is 11.4. The smallest absolute Gasteiger partial charge is 0.389 e. The molecule has 31 heavy (non-hydrogen) atoms. The molecule has 0 aliphatic rings. The lowest BCUT2D eigenvalue weighted by molar-refractivity contribution is -0.389.